The van der Waals surface area contributed by atoms with Crippen LogP contribution in [0.4, 0.5) is 0 Å². The number of hydrogen-bond acceptors (Lipinski definition) is 4. The van der Waals surface area contributed by atoms with E-state index >= 15 is 0 Å². The van der Waals surface area contributed by atoms with E-state index in [0.717, 1.165) is 24.4 Å². The van der Waals surface area contributed by atoms with Crippen LogP contribution in [0.15, 0.2) is 6.07 Å². The van der Waals surface area contributed by atoms with Crippen molar-refractivity contribution in [3.05, 3.63) is 21.4 Å². The molecule has 0 radical (unpaired) electrons. The van der Waals surface area contributed by atoms with E-state index < -0.39 is 0 Å². The first-order valence-corrected chi connectivity index (χ1v) is 5.99. The summed E-state index contributed by atoms with van der Waals surface area (Å²) in [5, 5.41) is 0. The summed E-state index contributed by atoms with van der Waals surface area (Å²) in [5.74, 6) is -0.181. The SMILES string of the molecule is CCOC(=O)c1cc2c(s1)CN(C)CC2. The molecule has 0 aromatic carbocycles. The van der Waals surface area contributed by atoms with Gasteiger partial charge in [-0.2, -0.15) is 0 Å². The fourth-order valence-electron chi connectivity index (χ4n) is 1.75. The van der Waals surface area contributed by atoms with Crippen LogP contribution in [0.1, 0.15) is 27.0 Å². The summed E-state index contributed by atoms with van der Waals surface area (Å²) in [6.07, 6.45) is 1.04. The van der Waals surface area contributed by atoms with Crippen LogP contribution in [0.25, 0.3) is 0 Å². The van der Waals surface area contributed by atoms with Crippen molar-refractivity contribution in [1.82, 2.24) is 4.90 Å². The van der Waals surface area contributed by atoms with Gasteiger partial charge in [-0.15, -0.1) is 11.3 Å². The number of esters is 1. The molecule has 0 aliphatic carbocycles. The number of hydrogen-bond donors (Lipinski definition) is 0. The van der Waals surface area contributed by atoms with Crippen molar-refractivity contribution in [2.75, 3.05) is 20.2 Å². The minimum atomic E-state index is -0.181. The highest BCUT2D eigenvalue weighted by molar-refractivity contribution is 7.14. The lowest BCUT2D eigenvalue weighted by Crippen LogP contribution is -2.24. The van der Waals surface area contributed by atoms with E-state index in [2.05, 4.69) is 11.9 Å². The molecule has 2 rings (SSSR count). The normalized spacial score (nSPS) is 16.1. The van der Waals surface area contributed by atoms with Gasteiger partial charge in [-0.25, -0.2) is 4.79 Å². The fourth-order valence-corrected chi connectivity index (χ4v) is 2.94. The summed E-state index contributed by atoms with van der Waals surface area (Å²) in [4.78, 5) is 15.8. The average molecular weight is 225 g/mol. The van der Waals surface area contributed by atoms with Gasteiger partial charge in [0.2, 0.25) is 0 Å². The monoisotopic (exact) mass is 225 g/mol. The third-order valence-electron chi connectivity index (χ3n) is 2.55. The number of carbonyl (C=O) groups excluding carboxylic acids is 1. The van der Waals surface area contributed by atoms with E-state index in [0.29, 0.717) is 6.61 Å². The van der Waals surface area contributed by atoms with Crippen LogP contribution in [0, 0.1) is 0 Å². The third-order valence-corrected chi connectivity index (χ3v) is 3.69. The number of thiophene rings is 1. The Bertz CT molecular complexity index is 373. The largest absolute Gasteiger partial charge is 0.462 e. The molecule has 1 aromatic heterocycles. The molecule has 0 unspecified atom stereocenters. The lowest BCUT2D eigenvalue weighted by molar-refractivity contribution is 0.0532. The molecule has 3 nitrogen and oxygen atoms in total. The molecule has 1 aromatic rings. The zero-order valence-corrected chi connectivity index (χ0v) is 9.89. The van der Waals surface area contributed by atoms with Gasteiger partial charge < -0.3 is 9.64 Å². The summed E-state index contributed by atoms with van der Waals surface area (Å²) in [6, 6.07) is 1.99. The van der Waals surface area contributed by atoms with Gasteiger partial charge in [-0.05, 0) is 32.0 Å². The lowest BCUT2D eigenvalue weighted by atomic mass is 10.1. The third kappa shape index (κ3) is 2.21. The second-order valence-electron chi connectivity index (χ2n) is 3.77. The van der Waals surface area contributed by atoms with E-state index in [1.54, 1.807) is 11.3 Å². The Morgan fingerprint density at radius 1 is 1.67 bits per heavy atom. The molecule has 0 amide bonds. The summed E-state index contributed by atoms with van der Waals surface area (Å²) in [5.41, 5.74) is 1.32. The van der Waals surface area contributed by atoms with E-state index in [1.165, 1.54) is 10.4 Å². The Balaban J connectivity index is 2.19. The smallest absolute Gasteiger partial charge is 0.348 e. The molecule has 0 bridgehead atoms. The molecule has 0 saturated heterocycles. The minimum Gasteiger partial charge on any atom is -0.462 e. The molecule has 15 heavy (non-hydrogen) atoms. The molecular formula is C11H15NO2S. The van der Waals surface area contributed by atoms with Crippen molar-refractivity contribution in [2.24, 2.45) is 0 Å². The van der Waals surface area contributed by atoms with Gasteiger partial charge in [0.25, 0.3) is 0 Å². The van der Waals surface area contributed by atoms with Gasteiger partial charge in [-0.3, -0.25) is 0 Å². The molecule has 0 fully saturated rings. The number of likely N-dealkylation sites (N-methyl/N-ethyl adjacent to an activating group) is 1. The standard InChI is InChI=1S/C11H15NO2S/c1-3-14-11(13)9-6-8-4-5-12(2)7-10(8)15-9/h6H,3-5,7H2,1-2H3. The topological polar surface area (TPSA) is 29.5 Å². The minimum absolute atomic E-state index is 0.181. The molecule has 2 heterocycles. The highest BCUT2D eigenvalue weighted by Crippen LogP contribution is 2.27. The van der Waals surface area contributed by atoms with E-state index in [9.17, 15) is 4.79 Å². The van der Waals surface area contributed by atoms with Gasteiger partial charge >= 0.3 is 5.97 Å². The average Bonchev–Trinajstić information content (AvgIpc) is 2.60. The summed E-state index contributed by atoms with van der Waals surface area (Å²) in [7, 11) is 2.10. The number of carbonyl (C=O) groups is 1. The van der Waals surface area contributed by atoms with Crippen molar-refractivity contribution >= 4 is 17.3 Å². The summed E-state index contributed by atoms with van der Waals surface area (Å²) < 4.78 is 4.99. The first-order chi connectivity index (χ1) is 7.20. The maximum absolute atomic E-state index is 11.5. The quantitative estimate of drug-likeness (QED) is 0.720. The van der Waals surface area contributed by atoms with Gasteiger partial charge in [0.1, 0.15) is 4.88 Å². The molecule has 0 atom stereocenters. The number of rotatable bonds is 2. The maximum Gasteiger partial charge on any atom is 0.348 e. The molecule has 1 aliphatic rings. The molecular weight excluding hydrogens is 210 g/mol. The molecule has 0 saturated carbocycles. The van der Waals surface area contributed by atoms with E-state index in [-0.39, 0.29) is 5.97 Å². The Hall–Kier alpha value is -0.870. The van der Waals surface area contributed by atoms with E-state index in [4.69, 9.17) is 4.74 Å². The van der Waals surface area contributed by atoms with Gasteiger partial charge in [0.05, 0.1) is 6.61 Å². The Labute approximate surface area is 93.7 Å². The lowest BCUT2D eigenvalue weighted by Gasteiger charge is -2.21. The van der Waals surface area contributed by atoms with Gasteiger partial charge in [0.15, 0.2) is 0 Å². The molecule has 0 spiro atoms. The molecule has 0 N–H and O–H groups in total. The van der Waals surface area contributed by atoms with Crippen molar-refractivity contribution in [2.45, 2.75) is 19.9 Å². The number of ether oxygens (including phenoxy) is 1. The summed E-state index contributed by atoms with van der Waals surface area (Å²) in [6.45, 7) is 4.31. The molecule has 82 valence electrons. The number of fused-ring (bicyclic) bond motifs is 1. The van der Waals surface area contributed by atoms with Crippen LogP contribution < -0.4 is 0 Å². The van der Waals surface area contributed by atoms with Crippen molar-refractivity contribution in [3.8, 4) is 0 Å². The van der Waals surface area contributed by atoms with Crippen LogP contribution >= 0.6 is 11.3 Å². The zero-order valence-electron chi connectivity index (χ0n) is 9.08. The summed E-state index contributed by atoms with van der Waals surface area (Å²) >= 11 is 1.57. The van der Waals surface area contributed by atoms with E-state index in [1.807, 2.05) is 13.0 Å². The molecule has 4 heteroatoms. The zero-order chi connectivity index (χ0) is 10.8. The molecule has 1 aliphatic heterocycles. The first kappa shape index (κ1) is 10.6. The Morgan fingerprint density at radius 3 is 3.20 bits per heavy atom. The van der Waals surface area contributed by atoms with Crippen molar-refractivity contribution < 1.29 is 9.53 Å². The van der Waals surface area contributed by atoms with Gasteiger partial charge in [0, 0.05) is 18.0 Å². The van der Waals surface area contributed by atoms with Crippen molar-refractivity contribution in [1.29, 1.82) is 0 Å². The first-order valence-electron chi connectivity index (χ1n) is 5.18. The predicted molar refractivity (Wildman–Crippen MR) is 60.3 cm³/mol. The highest BCUT2D eigenvalue weighted by Gasteiger charge is 2.19. The van der Waals surface area contributed by atoms with Crippen LogP contribution in [0.3, 0.4) is 0 Å². The Kier molecular flexibility index (Phi) is 3.07. The van der Waals surface area contributed by atoms with Gasteiger partial charge in [-0.1, -0.05) is 0 Å². The second-order valence-corrected chi connectivity index (χ2v) is 4.90. The van der Waals surface area contributed by atoms with Crippen LogP contribution in [-0.4, -0.2) is 31.1 Å². The van der Waals surface area contributed by atoms with Crippen LogP contribution in [0.2, 0.25) is 0 Å². The predicted octanol–water partition coefficient (Wildman–Crippen LogP) is 1.91. The fraction of sp³-hybridized carbons (Fsp3) is 0.545. The Morgan fingerprint density at radius 2 is 2.47 bits per heavy atom. The highest BCUT2D eigenvalue weighted by atomic mass is 32.1. The second kappa shape index (κ2) is 4.33. The van der Waals surface area contributed by atoms with Crippen LogP contribution in [0.5, 0.6) is 0 Å². The van der Waals surface area contributed by atoms with Crippen LogP contribution in [-0.2, 0) is 17.7 Å². The maximum atomic E-state index is 11.5. The number of nitrogens with zero attached hydrogens (tertiary/aromatic N) is 1. The van der Waals surface area contributed by atoms with Crippen molar-refractivity contribution in [3.63, 3.8) is 0 Å².